The number of pyridine rings is 1. The molecule has 1 heterocycles. The third-order valence-electron chi connectivity index (χ3n) is 2.41. The fraction of sp³-hybridized carbons (Fsp3) is 0.0769. The molecule has 0 unspecified atom stereocenters. The number of anilines is 1. The van der Waals surface area contributed by atoms with Crippen molar-refractivity contribution in [2.45, 2.75) is 6.92 Å². The molecule has 0 atom stereocenters. The molecule has 0 aliphatic carbocycles. The Kier molecular flexibility index (Phi) is 3.90. The zero-order chi connectivity index (χ0) is 13.1. The molecule has 0 spiro atoms. The van der Waals surface area contributed by atoms with Gasteiger partial charge >= 0.3 is 0 Å². The highest BCUT2D eigenvalue weighted by atomic mass is 127. The first-order valence-corrected chi connectivity index (χ1v) is 6.34. The Bertz CT molecular complexity index is 584. The van der Waals surface area contributed by atoms with Crippen molar-refractivity contribution >= 4 is 34.3 Å². The zero-order valence-corrected chi connectivity index (χ0v) is 11.7. The Morgan fingerprint density at radius 1 is 1.33 bits per heavy atom. The maximum Gasteiger partial charge on any atom is 0.257 e. The first kappa shape index (κ1) is 12.9. The van der Waals surface area contributed by atoms with E-state index < -0.39 is 5.82 Å². The molecule has 0 bridgehead atoms. The fourth-order valence-electron chi connectivity index (χ4n) is 1.46. The van der Waals surface area contributed by atoms with Gasteiger partial charge in [-0.25, -0.2) is 9.37 Å². The molecule has 2 rings (SSSR count). The molecule has 1 N–H and O–H groups in total. The van der Waals surface area contributed by atoms with E-state index in [1.165, 1.54) is 12.1 Å². The third-order valence-corrected chi connectivity index (χ3v) is 3.84. The summed E-state index contributed by atoms with van der Waals surface area (Å²) in [6.45, 7) is 1.94. The minimum absolute atomic E-state index is 0.248. The van der Waals surface area contributed by atoms with Gasteiger partial charge < -0.3 is 5.32 Å². The molecule has 2 aromatic rings. The fourth-order valence-corrected chi connectivity index (χ4v) is 2.06. The number of aryl methyl sites for hydroxylation is 1. The van der Waals surface area contributed by atoms with Gasteiger partial charge in [-0.15, -0.1) is 0 Å². The lowest BCUT2D eigenvalue weighted by Gasteiger charge is -2.07. The number of carbonyl (C=O) groups is 1. The van der Waals surface area contributed by atoms with Crippen LogP contribution in [-0.4, -0.2) is 10.9 Å². The van der Waals surface area contributed by atoms with Crippen molar-refractivity contribution in [2.24, 2.45) is 0 Å². The van der Waals surface area contributed by atoms with Gasteiger partial charge in [0.25, 0.3) is 5.91 Å². The summed E-state index contributed by atoms with van der Waals surface area (Å²) in [5.41, 5.74) is 1.62. The number of nitrogens with zero attached hydrogens (tertiary/aromatic N) is 1. The minimum Gasteiger partial charge on any atom is -0.307 e. The van der Waals surface area contributed by atoms with Crippen molar-refractivity contribution in [3.8, 4) is 0 Å². The van der Waals surface area contributed by atoms with E-state index in [0.29, 0.717) is 11.4 Å². The second kappa shape index (κ2) is 5.43. The van der Waals surface area contributed by atoms with E-state index in [1.54, 1.807) is 6.07 Å². The van der Waals surface area contributed by atoms with Crippen LogP contribution < -0.4 is 5.32 Å². The average Bonchev–Trinajstić information content (AvgIpc) is 2.35. The quantitative estimate of drug-likeness (QED) is 0.839. The number of halogens is 2. The Morgan fingerprint density at radius 3 is 2.78 bits per heavy atom. The normalized spacial score (nSPS) is 10.2. The zero-order valence-electron chi connectivity index (χ0n) is 9.58. The van der Waals surface area contributed by atoms with Gasteiger partial charge in [0.05, 0.1) is 11.8 Å². The number of nitrogens with one attached hydrogen (secondary N) is 1. The maximum atomic E-state index is 12.7. The van der Waals surface area contributed by atoms with Crippen molar-refractivity contribution in [3.63, 3.8) is 0 Å². The van der Waals surface area contributed by atoms with Crippen LogP contribution >= 0.6 is 22.6 Å². The van der Waals surface area contributed by atoms with Crippen LogP contribution in [0.5, 0.6) is 0 Å². The molecule has 1 aromatic carbocycles. The van der Waals surface area contributed by atoms with Crippen molar-refractivity contribution in [1.29, 1.82) is 0 Å². The number of benzene rings is 1. The highest BCUT2D eigenvalue weighted by molar-refractivity contribution is 14.1. The van der Waals surface area contributed by atoms with Crippen molar-refractivity contribution in [1.82, 2.24) is 4.98 Å². The molecule has 18 heavy (non-hydrogen) atoms. The van der Waals surface area contributed by atoms with Crippen LogP contribution in [0, 0.1) is 16.3 Å². The van der Waals surface area contributed by atoms with E-state index in [0.717, 1.165) is 15.3 Å². The van der Waals surface area contributed by atoms with Crippen LogP contribution in [0.4, 0.5) is 10.2 Å². The lowest BCUT2D eigenvalue weighted by molar-refractivity contribution is 0.102. The molecule has 0 aliphatic heterocycles. The first-order valence-electron chi connectivity index (χ1n) is 5.26. The molecular weight excluding hydrogens is 346 g/mol. The predicted octanol–water partition coefficient (Wildman–Crippen LogP) is 3.39. The number of carbonyl (C=O) groups excluding carboxylic acids is 1. The van der Waals surface area contributed by atoms with Crippen LogP contribution in [-0.2, 0) is 0 Å². The highest BCUT2D eigenvalue weighted by Crippen LogP contribution is 2.17. The molecule has 92 valence electrons. The maximum absolute atomic E-state index is 12.7. The summed E-state index contributed by atoms with van der Waals surface area (Å²) >= 11 is 2.13. The Balaban J connectivity index is 2.22. The van der Waals surface area contributed by atoms with Crippen LogP contribution in [0.2, 0.25) is 0 Å². The van der Waals surface area contributed by atoms with Gasteiger partial charge in [-0.3, -0.25) is 4.79 Å². The van der Waals surface area contributed by atoms with Crippen LogP contribution in [0.15, 0.2) is 36.5 Å². The van der Waals surface area contributed by atoms with E-state index in [1.807, 2.05) is 19.1 Å². The molecule has 0 saturated carbocycles. The molecular formula is C13H10FIN2O. The summed E-state index contributed by atoms with van der Waals surface area (Å²) in [5.74, 6) is -0.348. The summed E-state index contributed by atoms with van der Waals surface area (Å²) in [5, 5.41) is 2.63. The van der Waals surface area contributed by atoms with E-state index in [4.69, 9.17) is 0 Å². The third kappa shape index (κ3) is 2.84. The molecule has 0 aliphatic rings. The number of hydrogen-bond donors (Lipinski definition) is 1. The van der Waals surface area contributed by atoms with Gasteiger partial charge in [0.1, 0.15) is 11.6 Å². The second-order valence-corrected chi connectivity index (χ2v) is 4.83. The Hall–Kier alpha value is -1.50. The second-order valence-electron chi connectivity index (χ2n) is 3.75. The summed E-state index contributed by atoms with van der Waals surface area (Å²) in [4.78, 5) is 15.8. The topological polar surface area (TPSA) is 42.0 Å². The van der Waals surface area contributed by atoms with Gasteiger partial charge in [0.15, 0.2) is 0 Å². The van der Waals surface area contributed by atoms with Crippen LogP contribution in [0.25, 0.3) is 0 Å². The van der Waals surface area contributed by atoms with E-state index in [2.05, 4.69) is 32.9 Å². The van der Waals surface area contributed by atoms with Gasteiger partial charge in [0.2, 0.25) is 0 Å². The number of rotatable bonds is 2. The van der Waals surface area contributed by atoms with Crippen LogP contribution in [0.3, 0.4) is 0 Å². The highest BCUT2D eigenvalue weighted by Gasteiger charge is 2.11. The average molecular weight is 356 g/mol. The van der Waals surface area contributed by atoms with Crippen molar-refractivity contribution in [3.05, 3.63) is 57.0 Å². The summed E-state index contributed by atoms with van der Waals surface area (Å²) in [6, 6.07) is 8.19. The standard InChI is InChI=1S/C13H10FIN2O/c1-8-3-2-4-10(12(8)15)13(18)17-11-6-5-9(14)7-16-11/h2-7H,1H3,(H,16,17,18). The largest absolute Gasteiger partial charge is 0.307 e. The number of amides is 1. The Labute approximate surface area is 118 Å². The summed E-state index contributed by atoms with van der Waals surface area (Å²) in [7, 11) is 0. The van der Waals surface area contributed by atoms with E-state index in [-0.39, 0.29) is 5.91 Å². The van der Waals surface area contributed by atoms with Crippen molar-refractivity contribution in [2.75, 3.05) is 5.32 Å². The minimum atomic E-state index is -0.432. The van der Waals surface area contributed by atoms with Crippen LogP contribution in [0.1, 0.15) is 15.9 Å². The van der Waals surface area contributed by atoms with Crippen molar-refractivity contribution < 1.29 is 9.18 Å². The monoisotopic (exact) mass is 356 g/mol. The van der Waals surface area contributed by atoms with Gasteiger partial charge in [-0.05, 0) is 53.3 Å². The lowest BCUT2D eigenvalue weighted by Crippen LogP contribution is -2.14. The molecule has 3 nitrogen and oxygen atoms in total. The number of hydrogen-bond acceptors (Lipinski definition) is 2. The molecule has 1 aromatic heterocycles. The molecule has 5 heteroatoms. The smallest absolute Gasteiger partial charge is 0.257 e. The molecule has 0 radical (unpaired) electrons. The first-order chi connectivity index (χ1) is 8.58. The van der Waals surface area contributed by atoms with E-state index in [9.17, 15) is 9.18 Å². The van der Waals surface area contributed by atoms with Gasteiger partial charge in [-0.1, -0.05) is 12.1 Å². The molecule has 0 saturated heterocycles. The number of aromatic nitrogens is 1. The summed E-state index contributed by atoms with van der Waals surface area (Å²) < 4.78 is 13.6. The van der Waals surface area contributed by atoms with E-state index >= 15 is 0 Å². The molecule has 1 amide bonds. The Morgan fingerprint density at radius 2 is 2.11 bits per heavy atom. The lowest BCUT2D eigenvalue weighted by atomic mass is 10.1. The van der Waals surface area contributed by atoms with Gasteiger partial charge in [0, 0.05) is 3.57 Å². The predicted molar refractivity (Wildman–Crippen MR) is 76.0 cm³/mol. The molecule has 0 fully saturated rings. The summed E-state index contributed by atoms with van der Waals surface area (Å²) in [6.07, 6.45) is 1.07. The van der Waals surface area contributed by atoms with Gasteiger partial charge in [-0.2, -0.15) is 0 Å². The SMILES string of the molecule is Cc1cccc(C(=O)Nc2ccc(F)cn2)c1I.